The fourth-order valence-corrected chi connectivity index (χ4v) is 3.06. The number of thioether (sulfide) groups is 1. The number of rotatable bonds is 4. The SMILES string of the molecule is O=C1CC(C(=O)Nc2ccc(Cl)cc2)SC(=NN=Cc2ccco2)N1. The van der Waals surface area contributed by atoms with E-state index in [1.165, 1.54) is 12.5 Å². The minimum atomic E-state index is -0.595. The molecular formula is C16H13ClN4O3S. The molecule has 7 nitrogen and oxygen atoms in total. The van der Waals surface area contributed by atoms with Gasteiger partial charge in [-0.1, -0.05) is 23.4 Å². The van der Waals surface area contributed by atoms with E-state index >= 15 is 0 Å². The summed E-state index contributed by atoms with van der Waals surface area (Å²) in [4.78, 5) is 24.2. The van der Waals surface area contributed by atoms with Gasteiger partial charge < -0.3 is 15.1 Å². The van der Waals surface area contributed by atoms with Gasteiger partial charge in [-0.25, -0.2) is 0 Å². The molecular weight excluding hydrogens is 364 g/mol. The Morgan fingerprint density at radius 2 is 2.16 bits per heavy atom. The molecule has 0 aliphatic carbocycles. The van der Waals surface area contributed by atoms with Crippen LogP contribution >= 0.6 is 23.4 Å². The van der Waals surface area contributed by atoms with Gasteiger partial charge >= 0.3 is 0 Å². The Balaban J connectivity index is 1.64. The van der Waals surface area contributed by atoms with Gasteiger partial charge in [0.05, 0.1) is 12.5 Å². The molecule has 1 aromatic carbocycles. The van der Waals surface area contributed by atoms with Crippen molar-refractivity contribution in [2.45, 2.75) is 11.7 Å². The summed E-state index contributed by atoms with van der Waals surface area (Å²) in [7, 11) is 0. The number of anilines is 1. The van der Waals surface area contributed by atoms with E-state index in [4.69, 9.17) is 16.0 Å². The third kappa shape index (κ3) is 4.94. The second kappa shape index (κ2) is 8.00. The van der Waals surface area contributed by atoms with Crippen molar-refractivity contribution in [1.29, 1.82) is 0 Å². The lowest BCUT2D eigenvalue weighted by Crippen LogP contribution is -2.41. The Hall–Kier alpha value is -2.58. The molecule has 9 heteroatoms. The van der Waals surface area contributed by atoms with Crippen LogP contribution in [0.5, 0.6) is 0 Å². The number of amides is 2. The van der Waals surface area contributed by atoms with E-state index in [1.54, 1.807) is 36.4 Å². The fourth-order valence-electron chi connectivity index (χ4n) is 2.00. The van der Waals surface area contributed by atoms with Gasteiger partial charge in [-0.05, 0) is 36.4 Å². The maximum absolute atomic E-state index is 12.4. The zero-order valence-electron chi connectivity index (χ0n) is 12.8. The second-order valence-electron chi connectivity index (χ2n) is 5.02. The van der Waals surface area contributed by atoms with Crippen LogP contribution in [0.15, 0.2) is 57.3 Å². The van der Waals surface area contributed by atoms with Crippen LogP contribution in [-0.4, -0.2) is 28.4 Å². The molecule has 2 N–H and O–H groups in total. The summed E-state index contributed by atoms with van der Waals surface area (Å²) in [5.41, 5.74) is 0.607. The molecule has 1 saturated heterocycles. The predicted molar refractivity (Wildman–Crippen MR) is 98.0 cm³/mol. The van der Waals surface area contributed by atoms with Gasteiger partial charge in [0, 0.05) is 17.1 Å². The first-order valence-electron chi connectivity index (χ1n) is 7.27. The standard InChI is InChI=1S/C16H13ClN4O3S/c17-10-3-5-11(6-4-10)19-15(23)13-8-14(22)20-16(25-13)21-18-9-12-2-1-7-24-12/h1-7,9,13H,8H2,(H,19,23)(H,20,21,22). The van der Waals surface area contributed by atoms with Crippen molar-refractivity contribution in [3.8, 4) is 0 Å². The molecule has 2 heterocycles. The van der Waals surface area contributed by atoms with E-state index < -0.39 is 5.25 Å². The summed E-state index contributed by atoms with van der Waals surface area (Å²) >= 11 is 6.95. The first-order chi connectivity index (χ1) is 12.1. The predicted octanol–water partition coefficient (Wildman–Crippen LogP) is 2.88. The molecule has 1 unspecified atom stereocenters. The minimum Gasteiger partial charge on any atom is -0.463 e. The van der Waals surface area contributed by atoms with Gasteiger partial charge in [0.15, 0.2) is 5.17 Å². The third-order valence-electron chi connectivity index (χ3n) is 3.15. The molecule has 3 rings (SSSR count). The number of amidine groups is 1. The summed E-state index contributed by atoms with van der Waals surface area (Å²) in [6.45, 7) is 0. The number of hydrogen-bond acceptors (Lipinski definition) is 6. The largest absolute Gasteiger partial charge is 0.463 e. The van der Waals surface area contributed by atoms with Gasteiger partial charge in [0.25, 0.3) is 0 Å². The molecule has 1 aliphatic rings. The molecule has 2 aromatic rings. The van der Waals surface area contributed by atoms with Crippen molar-refractivity contribution < 1.29 is 14.0 Å². The summed E-state index contributed by atoms with van der Waals surface area (Å²) < 4.78 is 5.09. The van der Waals surface area contributed by atoms with E-state index in [0.29, 0.717) is 16.5 Å². The molecule has 0 radical (unpaired) electrons. The molecule has 0 bridgehead atoms. The zero-order chi connectivity index (χ0) is 17.6. The average molecular weight is 377 g/mol. The number of furan rings is 1. The topological polar surface area (TPSA) is 96.1 Å². The summed E-state index contributed by atoms with van der Waals surface area (Å²) in [6.07, 6.45) is 2.99. The first-order valence-corrected chi connectivity index (χ1v) is 8.53. The lowest BCUT2D eigenvalue weighted by atomic mass is 10.2. The Morgan fingerprint density at radius 3 is 2.88 bits per heavy atom. The lowest BCUT2D eigenvalue weighted by molar-refractivity contribution is -0.123. The van der Waals surface area contributed by atoms with Gasteiger partial charge in [-0.2, -0.15) is 5.10 Å². The van der Waals surface area contributed by atoms with Crippen LogP contribution in [0.1, 0.15) is 12.2 Å². The normalized spacial score (nSPS) is 19.2. The highest BCUT2D eigenvalue weighted by atomic mass is 35.5. The van der Waals surface area contributed by atoms with Crippen LogP contribution in [0.25, 0.3) is 0 Å². The van der Waals surface area contributed by atoms with Crippen LogP contribution < -0.4 is 10.6 Å². The van der Waals surface area contributed by atoms with Crippen molar-refractivity contribution in [2.24, 2.45) is 10.2 Å². The highest BCUT2D eigenvalue weighted by Gasteiger charge is 2.30. The van der Waals surface area contributed by atoms with Crippen molar-refractivity contribution in [3.63, 3.8) is 0 Å². The maximum atomic E-state index is 12.4. The Bertz CT molecular complexity index is 818. The van der Waals surface area contributed by atoms with Crippen molar-refractivity contribution in [2.75, 3.05) is 5.32 Å². The monoisotopic (exact) mass is 376 g/mol. The molecule has 2 amide bonds. The zero-order valence-corrected chi connectivity index (χ0v) is 14.4. The third-order valence-corrected chi connectivity index (χ3v) is 4.48. The van der Waals surface area contributed by atoms with Crippen LogP contribution in [0.4, 0.5) is 5.69 Å². The van der Waals surface area contributed by atoms with Gasteiger partial charge in [0.2, 0.25) is 11.8 Å². The fraction of sp³-hybridized carbons (Fsp3) is 0.125. The number of carbonyl (C=O) groups is 2. The van der Waals surface area contributed by atoms with Gasteiger partial charge in [-0.3, -0.25) is 9.59 Å². The van der Waals surface area contributed by atoms with Crippen LogP contribution in [0, 0.1) is 0 Å². The Kier molecular flexibility index (Phi) is 5.52. The number of nitrogens with one attached hydrogen (secondary N) is 2. The molecule has 1 aliphatic heterocycles. The first kappa shape index (κ1) is 17.2. The lowest BCUT2D eigenvalue weighted by Gasteiger charge is -2.21. The van der Waals surface area contributed by atoms with Crippen LogP contribution in [0.3, 0.4) is 0 Å². The van der Waals surface area contributed by atoms with E-state index in [-0.39, 0.29) is 23.4 Å². The van der Waals surface area contributed by atoms with E-state index in [0.717, 1.165) is 11.8 Å². The number of halogens is 1. The van der Waals surface area contributed by atoms with Crippen molar-refractivity contribution in [3.05, 3.63) is 53.4 Å². The summed E-state index contributed by atoms with van der Waals surface area (Å²) in [5, 5.41) is 13.3. The number of carbonyl (C=O) groups excluding carboxylic acids is 2. The van der Waals surface area contributed by atoms with E-state index in [9.17, 15) is 9.59 Å². The van der Waals surface area contributed by atoms with Crippen LogP contribution in [0.2, 0.25) is 5.02 Å². The molecule has 1 fully saturated rings. The smallest absolute Gasteiger partial charge is 0.238 e. The molecule has 1 aromatic heterocycles. The highest BCUT2D eigenvalue weighted by Crippen LogP contribution is 2.23. The average Bonchev–Trinajstić information content (AvgIpc) is 3.10. The summed E-state index contributed by atoms with van der Waals surface area (Å²) in [5.74, 6) is -0.0413. The number of benzene rings is 1. The quantitative estimate of drug-likeness (QED) is 0.633. The highest BCUT2D eigenvalue weighted by molar-refractivity contribution is 8.15. The van der Waals surface area contributed by atoms with Crippen LogP contribution in [-0.2, 0) is 9.59 Å². The van der Waals surface area contributed by atoms with E-state index in [1.807, 2.05) is 0 Å². The van der Waals surface area contributed by atoms with Crippen molar-refractivity contribution >= 4 is 52.2 Å². The minimum absolute atomic E-state index is 0.0605. The molecule has 0 spiro atoms. The van der Waals surface area contributed by atoms with Crippen molar-refractivity contribution in [1.82, 2.24) is 5.32 Å². The Morgan fingerprint density at radius 1 is 1.36 bits per heavy atom. The molecule has 1 atom stereocenters. The van der Waals surface area contributed by atoms with E-state index in [2.05, 4.69) is 20.8 Å². The number of nitrogens with zero attached hydrogens (tertiary/aromatic N) is 2. The molecule has 0 saturated carbocycles. The number of hydrogen-bond donors (Lipinski definition) is 2. The maximum Gasteiger partial charge on any atom is 0.238 e. The Labute approximate surface area is 152 Å². The summed E-state index contributed by atoms with van der Waals surface area (Å²) in [6, 6.07) is 10.2. The van der Waals surface area contributed by atoms with Gasteiger partial charge in [0.1, 0.15) is 11.0 Å². The second-order valence-corrected chi connectivity index (χ2v) is 6.65. The molecule has 128 valence electrons. The molecule has 25 heavy (non-hydrogen) atoms. The van der Waals surface area contributed by atoms with Gasteiger partial charge in [-0.15, -0.1) is 5.10 Å².